The highest BCUT2D eigenvalue weighted by atomic mass is 15.1. The fourth-order valence-corrected chi connectivity index (χ4v) is 6.66. The largest absolute Gasteiger partial charge is 0.337 e. The Balaban J connectivity index is 0.000000169. The number of likely N-dealkylation sites (tertiary alicyclic amines) is 3. The lowest BCUT2D eigenvalue weighted by atomic mass is 9.99. The number of imidazole rings is 2. The molecule has 0 radical (unpaired) electrons. The Morgan fingerprint density at radius 2 is 1.23 bits per heavy atom. The third kappa shape index (κ3) is 11.3. The Morgan fingerprint density at radius 1 is 0.700 bits per heavy atom. The normalized spacial score (nSPS) is 24.6. The van der Waals surface area contributed by atoms with E-state index in [1.807, 2.05) is 25.8 Å². The third-order valence-corrected chi connectivity index (χ3v) is 9.49. The molecule has 228 valence electrons. The van der Waals surface area contributed by atoms with Gasteiger partial charge in [-0.2, -0.15) is 0 Å². The lowest BCUT2D eigenvalue weighted by Gasteiger charge is -2.32. The molecule has 7 heteroatoms. The molecule has 0 spiro atoms. The van der Waals surface area contributed by atoms with Crippen LogP contribution in [0.1, 0.15) is 102 Å². The van der Waals surface area contributed by atoms with Crippen molar-refractivity contribution in [3.8, 4) is 0 Å². The zero-order chi connectivity index (χ0) is 28.7. The Kier molecular flexibility index (Phi) is 14.7. The van der Waals surface area contributed by atoms with Crippen LogP contribution in [0.15, 0.2) is 25.0 Å². The summed E-state index contributed by atoms with van der Waals surface area (Å²) in [7, 11) is 6.77. The van der Waals surface area contributed by atoms with Crippen LogP contribution in [0.25, 0.3) is 0 Å². The van der Waals surface area contributed by atoms with Crippen LogP contribution in [-0.4, -0.2) is 92.7 Å². The molecule has 3 fully saturated rings. The van der Waals surface area contributed by atoms with E-state index >= 15 is 0 Å². The highest BCUT2D eigenvalue weighted by Gasteiger charge is 2.19. The standard InChI is InChI=1S/2C12H21N3.C9H19N/c1-11-9-15(10-13-11)8-6-12-5-3-4-7-14(12)2;1-11-9-13-10-15(11)8-6-12-5-3-4-7-14(12)2;1-3-6-9-7-4-5-8-10(9)2/h2*9-10,12H,3-8H2,1-2H3;9H,3-8H2,1-2H3. The van der Waals surface area contributed by atoms with Crippen molar-refractivity contribution in [1.82, 2.24) is 33.8 Å². The van der Waals surface area contributed by atoms with Gasteiger partial charge in [0.15, 0.2) is 0 Å². The average molecular weight is 556 g/mol. The fraction of sp³-hybridized carbons (Fsp3) is 0.818. The zero-order valence-electron chi connectivity index (χ0n) is 26.9. The Bertz CT molecular complexity index is 920. The molecule has 5 heterocycles. The third-order valence-electron chi connectivity index (χ3n) is 9.49. The summed E-state index contributed by atoms with van der Waals surface area (Å²) < 4.78 is 4.46. The summed E-state index contributed by atoms with van der Waals surface area (Å²) in [5.41, 5.74) is 2.39. The molecule has 40 heavy (non-hydrogen) atoms. The van der Waals surface area contributed by atoms with Crippen LogP contribution in [0.2, 0.25) is 0 Å². The van der Waals surface area contributed by atoms with E-state index in [1.54, 1.807) is 0 Å². The fourth-order valence-electron chi connectivity index (χ4n) is 6.66. The second kappa shape index (κ2) is 18.0. The molecule has 0 aromatic carbocycles. The predicted octanol–water partition coefficient (Wildman–Crippen LogP) is 6.40. The topological polar surface area (TPSA) is 45.4 Å². The van der Waals surface area contributed by atoms with Gasteiger partial charge < -0.3 is 23.8 Å². The summed E-state index contributed by atoms with van der Waals surface area (Å²) in [6, 6.07) is 2.46. The minimum atomic E-state index is 0.778. The molecule has 0 bridgehead atoms. The van der Waals surface area contributed by atoms with Crippen molar-refractivity contribution in [2.45, 2.75) is 135 Å². The maximum Gasteiger partial charge on any atom is 0.0949 e. The van der Waals surface area contributed by atoms with Crippen LogP contribution in [0.5, 0.6) is 0 Å². The van der Waals surface area contributed by atoms with E-state index in [-0.39, 0.29) is 0 Å². The van der Waals surface area contributed by atoms with Crippen LogP contribution in [-0.2, 0) is 13.1 Å². The quantitative estimate of drug-likeness (QED) is 0.377. The van der Waals surface area contributed by atoms with E-state index in [9.17, 15) is 0 Å². The summed E-state index contributed by atoms with van der Waals surface area (Å²) in [6.45, 7) is 12.5. The van der Waals surface area contributed by atoms with E-state index in [1.165, 1.54) is 109 Å². The molecule has 0 aliphatic carbocycles. The van der Waals surface area contributed by atoms with Gasteiger partial charge in [0.2, 0.25) is 0 Å². The van der Waals surface area contributed by atoms with Crippen LogP contribution in [0.3, 0.4) is 0 Å². The molecule has 7 nitrogen and oxygen atoms in total. The zero-order valence-corrected chi connectivity index (χ0v) is 26.9. The van der Waals surface area contributed by atoms with Gasteiger partial charge in [0.25, 0.3) is 0 Å². The second-order valence-corrected chi connectivity index (χ2v) is 12.7. The summed E-state index contributed by atoms with van der Waals surface area (Å²) in [5.74, 6) is 0. The van der Waals surface area contributed by atoms with E-state index < -0.39 is 0 Å². The maximum absolute atomic E-state index is 4.25. The van der Waals surface area contributed by atoms with Gasteiger partial charge in [0, 0.05) is 49.3 Å². The molecule has 3 unspecified atom stereocenters. The first-order valence-electron chi connectivity index (χ1n) is 16.4. The van der Waals surface area contributed by atoms with E-state index in [0.29, 0.717) is 0 Å². The molecular formula is C33H61N7. The molecule has 3 saturated heterocycles. The summed E-state index contributed by atoms with van der Waals surface area (Å²) in [4.78, 5) is 15.9. The number of nitrogens with zero attached hydrogens (tertiary/aromatic N) is 7. The molecule has 3 aliphatic heterocycles. The highest BCUT2D eigenvalue weighted by Crippen LogP contribution is 2.20. The van der Waals surface area contributed by atoms with E-state index in [0.717, 1.165) is 36.9 Å². The Labute approximate surface area is 246 Å². The molecule has 2 aromatic heterocycles. The van der Waals surface area contributed by atoms with Gasteiger partial charge >= 0.3 is 0 Å². The first kappa shape index (κ1) is 32.8. The lowest BCUT2D eigenvalue weighted by Crippen LogP contribution is -2.36. The monoisotopic (exact) mass is 555 g/mol. The maximum atomic E-state index is 4.25. The van der Waals surface area contributed by atoms with Crippen LogP contribution in [0.4, 0.5) is 0 Å². The Hall–Kier alpha value is -1.70. The van der Waals surface area contributed by atoms with Gasteiger partial charge in [0.1, 0.15) is 0 Å². The molecule has 5 rings (SSSR count). The van der Waals surface area contributed by atoms with Crippen molar-refractivity contribution < 1.29 is 0 Å². The van der Waals surface area contributed by atoms with Crippen molar-refractivity contribution in [2.24, 2.45) is 0 Å². The van der Waals surface area contributed by atoms with Gasteiger partial charge in [-0.25, -0.2) is 9.97 Å². The highest BCUT2D eigenvalue weighted by molar-refractivity contribution is 4.94. The molecule has 3 atom stereocenters. The first-order valence-corrected chi connectivity index (χ1v) is 16.4. The second-order valence-electron chi connectivity index (χ2n) is 12.7. The van der Waals surface area contributed by atoms with Gasteiger partial charge in [0.05, 0.1) is 18.3 Å². The van der Waals surface area contributed by atoms with E-state index in [2.05, 4.69) is 75.0 Å². The van der Waals surface area contributed by atoms with Gasteiger partial charge in [-0.15, -0.1) is 0 Å². The van der Waals surface area contributed by atoms with Gasteiger partial charge in [-0.3, -0.25) is 0 Å². The van der Waals surface area contributed by atoms with Crippen LogP contribution in [0, 0.1) is 13.8 Å². The summed E-state index contributed by atoms with van der Waals surface area (Å²) >= 11 is 0. The van der Waals surface area contributed by atoms with Crippen molar-refractivity contribution in [2.75, 3.05) is 40.8 Å². The number of rotatable bonds is 8. The predicted molar refractivity (Wildman–Crippen MR) is 169 cm³/mol. The average Bonchev–Trinajstić information content (AvgIpc) is 3.57. The van der Waals surface area contributed by atoms with Gasteiger partial charge in [-0.05, 0) is 112 Å². The molecule has 0 saturated carbocycles. The number of aryl methyl sites for hydroxylation is 4. The number of hydrogen-bond acceptors (Lipinski definition) is 5. The lowest BCUT2D eigenvalue weighted by molar-refractivity contribution is 0.171. The molecule has 0 N–H and O–H groups in total. The number of hydrogen-bond donors (Lipinski definition) is 0. The molecule has 0 amide bonds. The molecule has 3 aliphatic rings. The van der Waals surface area contributed by atoms with Crippen molar-refractivity contribution in [1.29, 1.82) is 0 Å². The molecular weight excluding hydrogens is 494 g/mol. The smallest absolute Gasteiger partial charge is 0.0949 e. The number of piperidine rings is 3. The molecule has 2 aromatic rings. The Morgan fingerprint density at radius 3 is 1.65 bits per heavy atom. The first-order chi connectivity index (χ1) is 19.4. The van der Waals surface area contributed by atoms with Crippen molar-refractivity contribution in [3.05, 3.63) is 36.4 Å². The summed E-state index contributed by atoms with van der Waals surface area (Å²) in [5, 5.41) is 0. The minimum Gasteiger partial charge on any atom is -0.337 e. The number of aromatic nitrogens is 4. The van der Waals surface area contributed by atoms with Crippen LogP contribution < -0.4 is 0 Å². The van der Waals surface area contributed by atoms with E-state index in [4.69, 9.17) is 0 Å². The SMILES string of the molecule is CCCC1CCCCN1C.Cc1cn(CCC2CCCCN2C)cn1.Cc1cncn1CCC1CCCCN1C. The van der Waals surface area contributed by atoms with Gasteiger partial charge in [-0.1, -0.05) is 32.6 Å². The van der Waals surface area contributed by atoms with Crippen molar-refractivity contribution >= 4 is 0 Å². The minimum absolute atomic E-state index is 0.778. The van der Waals surface area contributed by atoms with Crippen LogP contribution >= 0.6 is 0 Å². The summed E-state index contributed by atoms with van der Waals surface area (Å²) in [6.07, 6.45) is 25.8. The van der Waals surface area contributed by atoms with Crippen molar-refractivity contribution in [3.63, 3.8) is 0 Å².